The van der Waals surface area contributed by atoms with Crippen molar-refractivity contribution in [3.8, 4) is 0 Å². The Morgan fingerprint density at radius 1 is 1.10 bits per heavy atom. The van der Waals surface area contributed by atoms with E-state index in [0.717, 1.165) is 18.5 Å². The molecule has 0 bridgehead atoms. The second kappa shape index (κ2) is 8.53. The molecule has 21 heavy (non-hydrogen) atoms. The second-order valence-electron chi connectivity index (χ2n) is 8.14. The summed E-state index contributed by atoms with van der Waals surface area (Å²) in [6.45, 7) is 15.4. The van der Waals surface area contributed by atoms with Gasteiger partial charge < -0.3 is 5.32 Å². The topological polar surface area (TPSA) is 15.3 Å². The highest BCUT2D eigenvalue weighted by atomic mass is 15.2. The highest BCUT2D eigenvalue weighted by Crippen LogP contribution is 2.39. The largest absolute Gasteiger partial charge is 0.312 e. The van der Waals surface area contributed by atoms with Crippen LogP contribution in [0.4, 0.5) is 0 Å². The molecular weight excluding hydrogens is 256 g/mol. The quantitative estimate of drug-likeness (QED) is 0.733. The molecule has 1 saturated carbocycles. The van der Waals surface area contributed by atoms with Crippen LogP contribution in [0.1, 0.15) is 80.1 Å². The van der Waals surface area contributed by atoms with Crippen molar-refractivity contribution in [2.24, 2.45) is 11.3 Å². The Hall–Kier alpha value is -0.0800. The van der Waals surface area contributed by atoms with Crippen LogP contribution in [0.15, 0.2) is 0 Å². The minimum Gasteiger partial charge on any atom is -0.312 e. The van der Waals surface area contributed by atoms with E-state index < -0.39 is 0 Å². The van der Waals surface area contributed by atoms with Crippen molar-refractivity contribution in [2.45, 2.75) is 98.2 Å². The molecule has 3 unspecified atom stereocenters. The third-order valence-corrected chi connectivity index (χ3v) is 5.74. The Balaban J connectivity index is 2.81. The lowest BCUT2D eigenvalue weighted by molar-refractivity contribution is 0.0472. The molecule has 2 heteroatoms. The molecule has 126 valence electrons. The number of hydrogen-bond acceptors (Lipinski definition) is 2. The molecule has 1 aliphatic rings. The fourth-order valence-corrected chi connectivity index (χ4v) is 4.09. The number of nitrogens with one attached hydrogen (secondary N) is 1. The van der Waals surface area contributed by atoms with Gasteiger partial charge in [-0.3, -0.25) is 4.90 Å². The van der Waals surface area contributed by atoms with Gasteiger partial charge in [-0.1, -0.05) is 41.5 Å². The number of nitrogens with zero attached hydrogens (tertiary/aromatic N) is 1. The minimum absolute atomic E-state index is 0.447. The van der Waals surface area contributed by atoms with Crippen molar-refractivity contribution < 1.29 is 0 Å². The summed E-state index contributed by atoms with van der Waals surface area (Å²) in [5.74, 6) is 0.860. The average Bonchev–Trinajstić information content (AvgIpc) is 2.45. The molecule has 2 nitrogen and oxygen atoms in total. The van der Waals surface area contributed by atoms with Crippen molar-refractivity contribution in [3.63, 3.8) is 0 Å². The van der Waals surface area contributed by atoms with E-state index in [1.54, 1.807) is 0 Å². The van der Waals surface area contributed by atoms with Crippen LogP contribution < -0.4 is 5.32 Å². The second-order valence-corrected chi connectivity index (χ2v) is 8.14. The zero-order valence-corrected chi connectivity index (χ0v) is 15.7. The number of rotatable bonds is 7. The van der Waals surface area contributed by atoms with Gasteiger partial charge in [0.1, 0.15) is 0 Å². The molecule has 0 aromatic carbocycles. The van der Waals surface area contributed by atoms with Gasteiger partial charge in [0.25, 0.3) is 0 Å². The van der Waals surface area contributed by atoms with Gasteiger partial charge in [0.05, 0.1) is 0 Å². The van der Waals surface area contributed by atoms with Crippen molar-refractivity contribution in [3.05, 3.63) is 0 Å². The molecule has 1 aliphatic carbocycles. The molecule has 0 radical (unpaired) electrons. The lowest BCUT2D eigenvalue weighted by Gasteiger charge is -2.47. The number of likely N-dealkylation sites (N-methyl/N-ethyl adjacent to an activating group) is 1. The van der Waals surface area contributed by atoms with Crippen LogP contribution in [0.5, 0.6) is 0 Å². The predicted octanol–water partition coefficient (Wildman–Crippen LogP) is 4.69. The zero-order chi connectivity index (χ0) is 16.0. The van der Waals surface area contributed by atoms with E-state index in [1.807, 2.05) is 0 Å². The SMILES string of the molecule is CCCNC1CCC(C(C)(C)C)CC1N(C)C(CC)CC. The van der Waals surface area contributed by atoms with Gasteiger partial charge in [-0.15, -0.1) is 0 Å². The first kappa shape index (κ1) is 19.0. The van der Waals surface area contributed by atoms with E-state index >= 15 is 0 Å². The predicted molar refractivity (Wildman–Crippen MR) is 94.8 cm³/mol. The third-order valence-electron chi connectivity index (χ3n) is 5.74. The van der Waals surface area contributed by atoms with Crippen molar-refractivity contribution in [2.75, 3.05) is 13.6 Å². The molecule has 0 spiro atoms. The Morgan fingerprint density at radius 2 is 1.71 bits per heavy atom. The van der Waals surface area contributed by atoms with Crippen LogP contribution in [-0.4, -0.2) is 36.6 Å². The molecule has 0 aromatic heterocycles. The van der Waals surface area contributed by atoms with Gasteiger partial charge in [0.2, 0.25) is 0 Å². The first-order valence-electron chi connectivity index (χ1n) is 9.30. The van der Waals surface area contributed by atoms with Gasteiger partial charge in [0.15, 0.2) is 0 Å². The number of hydrogen-bond donors (Lipinski definition) is 1. The Kier molecular flexibility index (Phi) is 7.70. The van der Waals surface area contributed by atoms with Crippen LogP contribution in [0.25, 0.3) is 0 Å². The maximum absolute atomic E-state index is 3.84. The first-order chi connectivity index (χ1) is 9.85. The fraction of sp³-hybridized carbons (Fsp3) is 1.00. The van der Waals surface area contributed by atoms with E-state index in [2.05, 4.69) is 58.8 Å². The summed E-state index contributed by atoms with van der Waals surface area (Å²) in [6.07, 6.45) is 7.86. The zero-order valence-electron chi connectivity index (χ0n) is 15.7. The summed E-state index contributed by atoms with van der Waals surface area (Å²) in [4.78, 5) is 2.70. The van der Waals surface area contributed by atoms with Gasteiger partial charge in [-0.25, -0.2) is 0 Å². The lowest BCUT2D eigenvalue weighted by atomic mass is 9.69. The summed E-state index contributed by atoms with van der Waals surface area (Å²) >= 11 is 0. The summed E-state index contributed by atoms with van der Waals surface area (Å²) in [5, 5.41) is 3.84. The molecule has 0 aromatic rings. The van der Waals surface area contributed by atoms with E-state index in [4.69, 9.17) is 0 Å². The summed E-state index contributed by atoms with van der Waals surface area (Å²) in [6, 6.07) is 2.13. The fourth-order valence-electron chi connectivity index (χ4n) is 4.09. The standard InChI is InChI=1S/C19H40N2/c1-8-13-20-17-12-11-15(19(4,5)6)14-18(17)21(7)16(9-2)10-3/h15-18,20H,8-14H2,1-7H3. The molecule has 1 fully saturated rings. The Labute approximate surface area is 134 Å². The summed E-state index contributed by atoms with van der Waals surface area (Å²) in [7, 11) is 2.37. The van der Waals surface area contributed by atoms with Gasteiger partial charge in [-0.05, 0) is 63.5 Å². The van der Waals surface area contributed by atoms with Gasteiger partial charge >= 0.3 is 0 Å². The Bertz CT molecular complexity index is 278. The molecule has 0 saturated heterocycles. The molecule has 1 rings (SSSR count). The molecule has 3 atom stereocenters. The monoisotopic (exact) mass is 296 g/mol. The van der Waals surface area contributed by atoms with Crippen LogP contribution in [0, 0.1) is 11.3 Å². The highest BCUT2D eigenvalue weighted by molar-refractivity contribution is 4.94. The average molecular weight is 297 g/mol. The summed E-state index contributed by atoms with van der Waals surface area (Å²) < 4.78 is 0. The minimum atomic E-state index is 0.447. The molecule has 0 aliphatic heterocycles. The van der Waals surface area contributed by atoms with Crippen molar-refractivity contribution >= 4 is 0 Å². The lowest BCUT2D eigenvalue weighted by Crippen LogP contribution is -2.55. The first-order valence-corrected chi connectivity index (χ1v) is 9.30. The Morgan fingerprint density at radius 3 is 2.19 bits per heavy atom. The molecule has 0 amide bonds. The van der Waals surface area contributed by atoms with E-state index in [0.29, 0.717) is 17.5 Å². The molecular formula is C19H40N2. The third kappa shape index (κ3) is 5.25. The summed E-state index contributed by atoms with van der Waals surface area (Å²) in [5.41, 5.74) is 0.447. The van der Waals surface area contributed by atoms with Crippen LogP contribution in [0.2, 0.25) is 0 Å². The maximum Gasteiger partial charge on any atom is 0.0252 e. The smallest absolute Gasteiger partial charge is 0.0252 e. The van der Waals surface area contributed by atoms with E-state index in [9.17, 15) is 0 Å². The van der Waals surface area contributed by atoms with Crippen LogP contribution in [0.3, 0.4) is 0 Å². The van der Waals surface area contributed by atoms with Crippen molar-refractivity contribution in [1.29, 1.82) is 0 Å². The van der Waals surface area contributed by atoms with E-state index in [-0.39, 0.29) is 0 Å². The van der Waals surface area contributed by atoms with Gasteiger partial charge in [0, 0.05) is 18.1 Å². The maximum atomic E-state index is 3.84. The van der Waals surface area contributed by atoms with E-state index in [1.165, 1.54) is 38.5 Å². The highest BCUT2D eigenvalue weighted by Gasteiger charge is 2.38. The molecule has 1 N–H and O–H groups in total. The van der Waals surface area contributed by atoms with Gasteiger partial charge in [-0.2, -0.15) is 0 Å². The van der Waals surface area contributed by atoms with Crippen molar-refractivity contribution in [1.82, 2.24) is 10.2 Å². The van der Waals surface area contributed by atoms with Crippen LogP contribution >= 0.6 is 0 Å². The normalized spacial score (nSPS) is 27.6. The molecule has 0 heterocycles. The van der Waals surface area contributed by atoms with Crippen LogP contribution in [-0.2, 0) is 0 Å².